The summed E-state index contributed by atoms with van der Waals surface area (Å²) in [6, 6.07) is 7.92. The predicted octanol–water partition coefficient (Wildman–Crippen LogP) is 3.72. The van der Waals surface area contributed by atoms with Gasteiger partial charge in [0.15, 0.2) is 0 Å². The maximum Gasteiger partial charge on any atom is 0.223 e. The van der Waals surface area contributed by atoms with Gasteiger partial charge in [-0.25, -0.2) is 9.97 Å². The van der Waals surface area contributed by atoms with Crippen LogP contribution in [-0.4, -0.2) is 23.1 Å². The Morgan fingerprint density at radius 2 is 2.14 bits per heavy atom. The van der Waals surface area contributed by atoms with Gasteiger partial charge in [-0.3, -0.25) is 0 Å². The van der Waals surface area contributed by atoms with Crippen LogP contribution in [0.1, 0.15) is 13.8 Å². The molecule has 3 aromatic rings. The summed E-state index contributed by atoms with van der Waals surface area (Å²) in [5.41, 5.74) is 1.73. The molecule has 2 aromatic heterocycles. The number of hydrogen-bond donors (Lipinski definition) is 1. The van der Waals surface area contributed by atoms with Gasteiger partial charge in [-0.1, -0.05) is 0 Å². The molecule has 0 unspecified atom stereocenters. The molecule has 0 aliphatic rings. The summed E-state index contributed by atoms with van der Waals surface area (Å²) < 4.78 is 10.9. The van der Waals surface area contributed by atoms with E-state index in [2.05, 4.69) is 15.3 Å². The fraction of sp³-hybridized carbons (Fsp3) is 0.250. The third-order valence-corrected chi connectivity index (χ3v) is 3.11. The van der Waals surface area contributed by atoms with Crippen molar-refractivity contribution in [3.63, 3.8) is 0 Å². The molecule has 1 aromatic carbocycles. The lowest BCUT2D eigenvalue weighted by Crippen LogP contribution is -2.12. The van der Waals surface area contributed by atoms with Crippen molar-refractivity contribution in [2.45, 2.75) is 19.9 Å². The molecule has 5 nitrogen and oxygen atoms in total. The van der Waals surface area contributed by atoms with E-state index < -0.39 is 0 Å². The summed E-state index contributed by atoms with van der Waals surface area (Å²) in [4.78, 5) is 8.84. The highest BCUT2D eigenvalue weighted by Gasteiger charge is 2.12. The van der Waals surface area contributed by atoms with Crippen molar-refractivity contribution in [2.75, 3.05) is 12.4 Å². The number of aromatic nitrogens is 2. The SMILES string of the molecule is COc1cc2nc(NC(C)C)ncc2cc1-c1ccco1. The van der Waals surface area contributed by atoms with E-state index in [9.17, 15) is 0 Å². The predicted molar refractivity (Wildman–Crippen MR) is 82.6 cm³/mol. The average molecular weight is 283 g/mol. The fourth-order valence-electron chi connectivity index (χ4n) is 2.18. The zero-order valence-corrected chi connectivity index (χ0v) is 12.3. The highest BCUT2D eigenvalue weighted by molar-refractivity contribution is 5.87. The lowest BCUT2D eigenvalue weighted by Gasteiger charge is -2.11. The van der Waals surface area contributed by atoms with Crippen LogP contribution in [-0.2, 0) is 0 Å². The van der Waals surface area contributed by atoms with Crippen molar-refractivity contribution < 1.29 is 9.15 Å². The van der Waals surface area contributed by atoms with Crippen molar-refractivity contribution in [3.8, 4) is 17.1 Å². The van der Waals surface area contributed by atoms with Crippen LogP contribution < -0.4 is 10.1 Å². The number of benzene rings is 1. The Bertz CT molecular complexity index is 752. The molecule has 0 spiro atoms. The van der Waals surface area contributed by atoms with Gasteiger partial charge in [0.05, 0.1) is 24.5 Å². The Labute approximate surface area is 123 Å². The molecular weight excluding hydrogens is 266 g/mol. The number of nitrogens with zero attached hydrogens (tertiary/aromatic N) is 2. The van der Waals surface area contributed by atoms with Crippen molar-refractivity contribution in [1.82, 2.24) is 9.97 Å². The van der Waals surface area contributed by atoms with Crippen LogP contribution >= 0.6 is 0 Å². The van der Waals surface area contributed by atoms with Crippen molar-refractivity contribution in [2.24, 2.45) is 0 Å². The van der Waals surface area contributed by atoms with Crippen LogP contribution in [0.3, 0.4) is 0 Å². The molecule has 1 N–H and O–H groups in total. The number of hydrogen-bond acceptors (Lipinski definition) is 5. The van der Waals surface area contributed by atoms with Gasteiger partial charge in [0.2, 0.25) is 5.95 Å². The first-order chi connectivity index (χ1) is 10.2. The second kappa shape index (κ2) is 5.44. The van der Waals surface area contributed by atoms with Crippen molar-refractivity contribution in [3.05, 3.63) is 36.7 Å². The summed E-state index contributed by atoms with van der Waals surface area (Å²) in [6.07, 6.45) is 3.45. The first-order valence-corrected chi connectivity index (χ1v) is 6.82. The molecule has 5 heteroatoms. The summed E-state index contributed by atoms with van der Waals surface area (Å²) in [6.45, 7) is 4.10. The molecule has 0 fully saturated rings. The van der Waals surface area contributed by atoms with Gasteiger partial charge in [0.25, 0.3) is 0 Å². The van der Waals surface area contributed by atoms with E-state index >= 15 is 0 Å². The lowest BCUT2D eigenvalue weighted by molar-refractivity contribution is 0.415. The fourth-order valence-corrected chi connectivity index (χ4v) is 2.18. The van der Waals surface area contributed by atoms with Gasteiger partial charge in [-0.2, -0.15) is 0 Å². The molecule has 0 saturated carbocycles. The summed E-state index contributed by atoms with van der Waals surface area (Å²) in [7, 11) is 1.64. The van der Waals surface area contributed by atoms with Crippen LogP contribution in [0.15, 0.2) is 41.1 Å². The summed E-state index contributed by atoms with van der Waals surface area (Å²) in [5.74, 6) is 2.11. The molecule has 0 aliphatic heterocycles. The first kappa shape index (κ1) is 13.4. The second-order valence-corrected chi connectivity index (χ2v) is 5.08. The largest absolute Gasteiger partial charge is 0.496 e. The Hall–Kier alpha value is -2.56. The monoisotopic (exact) mass is 283 g/mol. The van der Waals surface area contributed by atoms with Gasteiger partial charge < -0.3 is 14.5 Å². The number of rotatable bonds is 4. The number of furan rings is 1. The highest BCUT2D eigenvalue weighted by atomic mass is 16.5. The van der Waals surface area contributed by atoms with E-state index in [1.807, 2.05) is 38.1 Å². The van der Waals surface area contributed by atoms with E-state index in [0.717, 1.165) is 28.0 Å². The minimum absolute atomic E-state index is 0.284. The quantitative estimate of drug-likeness (QED) is 0.790. The third kappa shape index (κ3) is 2.67. The summed E-state index contributed by atoms with van der Waals surface area (Å²) in [5, 5.41) is 4.14. The Morgan fingerprint density at radius 3 is 2.81 bits per heavy atom. The third-order valence-electron chi connectivity index (χ3n) is 3.11. The molecule has 0 amide bonds. The Balaban J connectivity index is 2.11. The number of ether oxygens (including phenoxy) is 1. The number of nitrogens with one attached hydrogen (secondary N) is 1. The number of fused-ring (bicyclic) bond motifs is 1. The molecule has 0 saturated heterocycles. The molecular formula is C16H17N3O2. The van der Waals surface area contributed by atoms with E-state index in [1.165, 1.54) is 0 Å². The maximum atomic E-state index is 5.46. The van der Waals surface area contributed by atoms with Crippen LogP contribution in [0.2, 0.25) is 0 Å². The van der Waals surface area contributed by atoms with Gasteiger partial charge in [-0.15, -0.1) is 0 Å². The van der Waals surface area contributed by atoms with E-state index in [0.29, 0.717) is 5.95 Å². The molecule has 0 atom stereocenters. The molecule has 2 heterocycles. The number of anilines is 1. The van der Waals surface area contributed by atoms with Crippen LogP contribution in [0.5, 0.6) is 5.75 Å². The first-order valence-electron chi connectivity index (χ1n) is 6.82. The molecule has 108 valence electrons. The van der Waals surface area contributed by atoms with Crippen LogP contribution in [0.25, 0.3) is 22.2 Å². The van der Waals surface area contributed by atoms with E-state index in [1.54, 1.807) is 19.6 Å². The van der Waals surface area contributed by atoms with Crippen molar-refractivity contribution >= 4 is 16.9 Å². The molecule has 0 aliphatic carbocycles. The molecule has 0 radical (unpaired) electrons. The zero-order valence-electron chi connectivity index (χ0n) is 12.3. The van der Waals surface area contributed by atoms with Crippen molar-refractivity contribution in [1.29, 1.82) is 0 Å². The smallest absolute Gasteiger partial charge is 0.223 e. The lowest BCUT2D eigenvalue weighted by atomic mass is 10.1. The number of methoxy groups -OCH3 is 1. The van der Waals surface area contributed by atoms with Gasteiger partial charge in [0, 0.05) is 23.7 Å². The van der Waals surface area contributed by atoms with E-state index in [4.69, 9.17) is 9.15 Å². The molecule has 21 heavy (non-hydrogen) atoms. The highest BCUT2D eigenvalue weighted by Crippen LogP contribution is 2.33. The molecule has 3 rings (SSSR count). The minimum Gasteiger partial charge on any atom is -0.496 e. The van der Waals surface area contributed by atoms with E-state index in [-0.39, 0.29) is 6.04 Å². The van der Waals surface area contributed by atoms with Gasteiger partial charge in [-0.05, 0) is 32.0 Å². The average Bonchev–Trinajstić information content (AvgIpc) is 2.99. The zero-order chi connectivity index (χ0) is 14.8. The normalized spacial score (nSPS) is 11.0. The van der Waals surface area contributed by atoms with Crippen LogP contribution in [0, 0.1) is 0 Å². The standard InChI is InChI=1S/C16H17N3O2/c1-10(2)18-16-17-9-11-7-12(14-5-4-6-21-14)15(20-3)8-13(11)19-16/h4-10H,1-3H3,(H,17,18,19). The van der Waals surface area contributed by atoms with Gasteiger partial charge in [0.1, 0.15) is 11.5 Å². The van der Waals surface area contributed by atoms with Crippen LogP contribution in [0.4, 0.5) is 5.95 Å². The Kier molecular flexibility index (Phi) is 3.48. The summed E-state index contributed by atoms with van der Waals surface area (Å²) >= 11 is 0. The topological polar surface area (TPSA) is 60.2 Å². The Morgan fingerprint density at radius 1 is 1.29 bits per heavy atom. The molecule has 0 bridgehead atoms. The minimum atomic E-state index is 0.284. The second-order valence-electron chi connectivity index (χ2n) is 5.08. The van der Waals surface area contributed by atoms with Gasteiger partial charge >= 0.3 is 0 Å². The maximum absolute atomic E-state index is 5.46.